The molecule has 0 fully saturated rings. The average Bonchev–Trinajstić information content (AvgIpc) is 3.27. The molecule has 0 aromatic carbocycles. The van der Waals surface area contributed by atoms with Crippen LogP contribution in [0.4, 0.5) is 0 Å². The number of ether oxygens (including phenoxy) is 2. The quantitative estimate of drug-likeness (QED) is 0.0348. The molecule has 0 bridgehead atoms. The van der Waals surface area contributed by atoms with Gasteiger partial charge in [0.15, 0.2) is 11.3 Å². The molecule has 0 aromatic rings. The number of carboxylic acids is 1. The molecule has 0 radical (unpaired) electrons. The van der Waals surface area contributed by atoms with Gasteiger partial charge in [-0.2, -0.15) is 11.8 Å². The number of hydrogen-bond acceptors (Lipinski definition) is 8. The van der Waals surface area contributed by atoms with Gasteiger partial charge in [0.25, 0.3) is 0 Å². The van der Waals surface area contributed by atoms with Crippen LogP contribution >= 0.6 is 11.8 Å². The number of carboxylic acid groups (broad SMARTS) is 1. The Kier molecular flexibility index (Phi) is 45.7. The number of carbonyl (C=O) groups excluding carboxylic acids is 3. The van der Waals surface area contributed by atoms with Crippen LogP contribution in [0.15, 0.2) is 0 Å². The molecule has 3 N–H and O–H groups in total. The van der Waals surface area contributed by atoms with Crippen LogP contribution in [-0.2, 0) is 28.7 Å². The van der Waals surface area contributed by atoms with Crippen molar-refractivity contribution in [3.8, 4) is 0 Å². The molecule has 0 saturated heterocycles. The van der Waals surface area contributed by atoms with Gasteiger partial charge in [0.2, 0.25) is 0 Å². The van der Waals surface area contributed by atoms with E-state index < -0.39 is 23.4 Å². The molecule has 9 heteroatoms. The topological polar surface area (TPSA) is 133 Å². The first kappa shape index (κ1) is 61.4. The maximum atomic E-state index is 13.2. The summed E-state index contributed by atoms with van der Waals surface area (Å²) in [5.41, 5.74) is 4.26. The van der Waals surface area contributed by atoms with E-state index in [0.29, 0.717) is 19.3 Å². The van der Waals surface area contributed by atoms with Gasteiger partial charge in [-0.05, 0) is 19.3 Å². The van der Waals surface area contributed by atoms with Crippen molar-refractivity contribution in [3.63, 3.8) is 0 Å². The summed E-state index contributed by atoms with van der Waals surface area (Å²) in [5.74, 6) is -2.41. The van der Waals surface area contributed by atoms with E-state index in [0.717, 1.165) is 57.8 Å². The van der Waals surface area contributed by atoms with E-state index in [1.54, 1.807) is 0 Å². The van der Waals surface area contributed by atoms with E-state index in [1.165, 1.54) is 198 Å². The largest absolute Gasteiger partial charge is 0.480 e. The lowest BCUT2D eigenvalue weighted by Crippen LogP contribution is -2.57. The standard InChI is InChI=1S/C54H103NO7S/c1-4-7-10-13-16-19-22-25-28-31-34-37-40-43-50(56)54(55,53(59)60)48-63-47-49(62-52(58)45-42-39-36-33-30-27-24-21-18-15-12-9-6-3)46-61-51(57)44-41-38-35-32-29-26-23-20-17-14-11-8-5-2/h49H,4-48,55H2,1-3H3,(H,59,60)/t49?,54-/m1/s1. The minimum Gasteiger partial charge on any atom is -0.480 e. The fraction of sp³-hybridized carbons (Fsp3) is 0.926. The first-order valence-electron chi connectivity index (χ1n) is 27.2. The Balaban J connectivity index is 4.72. The lowest BCUT2D eigenvalue weighted by molar-refractivity contribution is -0.157. The second kappa shape index (κ2) is 46.9. The maximum absolute atomic E-state index is 13.2. The third-order valence-corrected chi connectivity index (χ3v) is 14.0. The molecule has 0 saturated carbocycles. The predicted octanol–water partition coefficient (Wildman–Crippen LogP) is 16.0. The van der Waals surface area contributed by atoms with Crippen molar-refractivity contribution in [1.29, 1.82) is 0 Å². The van der Waals surface area contributed by atoms with Crippen molar-refractivity contribution in [2.45, 2.75) is 302 Å². The Labute approximate surface area is 393 Å². The maximum Gasteiger partial charge on any atom is 0.332 e. The van der Waals surface area contributed by atoms with Gasteiger partial charge < -0.3 is 20.3 Å². The normalized spacial score (nSPS) is 12.9. The molecule has 2 atom stereocenters. The van der Waals surface area contributed by atoms with E-state index in [4.69, 9.17) is 15.2 Å². The van der Waals surface area contributed by atoms with Crippen molar-refractivity contribution in [2.24, 2.45) is 5.73 Å². The highest BCUT2D eigenvalue weighted by molar-refractivity contribution is 7.99. The summed E-state index contributed by atoms with van der Waals surface area (Å²) in [4.78, 5) is 51.1. The third kappa shape index (κ3) is 40.4. The van der Waals surface area contributed by atoms with Crippen molar-refractivity contribution in [1.82, 2.24) is 0 Å². The molecular formula is C54H103NO7S. The first-order chi connectivity index (χ1) is 30.7. The molecule has 0 amide bonds. The summed E-state index contributed by atoms with van der Waals surface area (Å²) in [6, 6.07) is 0. The van der Waals surface area contributed by atoms with Gasteiger partial charge >= 0.3 is 17.9 Å². The summed E-state index contributed by atoms with van der Waals surface area (Å²) in [6.07, 6.45) is 47.3. The van der Waals surface area contributed by atoms with E-state index in [9.17, 15) is 24.3 Å². The van der Waals surface area contributed by atoms with Crippen LogP contribution in [0.5, 0.6) is 0 Å². The Bertz CT molecular complexity index is 1060. The number of hydrogen-bond donors (Lipinski definition) is 2. The zero-order valence-electron chi connectivity index (χ0n) is 41.8. The molecule has 63 heavy (non-hydrogen) atoms. The van der Waals surface area contributed by atoms with Gasteiger partial charge in [-0.25, -0.2) is 4.79 Å². The van der Waals surface area contributed by atoms with Gasteiger partial charge in [-0.15, -0.1) is 0 Å². The Morgan fingerprint density at radius 2 is 0.730 bits per heavy atom. The van der Waals surface area contributed by atoms with E-state index in [1.807, 2.05) is 0 Å². The number of aliphatic carboxylic acids is 1. The highest BCUT2D eigenvalue weighted by atomic mass is 32.2. The second-order valence-electron chi connectivity index (χ2n) is 19.0. The molecule has 0 aromatic heterocycles. The van der Waals surface area contributed by atoms with Crippen LogP contribution in [0.1, 0.15) is 290 Å². The number of unbranched alkanes of at least 4 members (excludes halogenated alkanes) is 36. The Morgan fingerprint density at radius 1 is 0.444 bits per heavy atom. The molecule has 372 valence electrons. The molecule has 0 spiro atoms. The summed E-state index contributed by atoms with van der Waals surface area (Å²) < 4.78 is 11.4. The number of esters is 2. The molecule has 0 rings (SSSR count). The fourth-order valence-corrected chi connectivity index (χ4v) is 9.48. The van der Waals surface area contributed by atoms with Crippen LogP contribution in [-0.4, -0.2) is 58.6 Å². The van der Waals surface area contributed by atoms with Crippen molar-refractivity contribution < 1.29 is 33.8 Å². The summed E-state index contributed by atoms with van der Waals surface area (Å²) in [7, 11) is 0. The molecule has 0 aliphatic carbocycles. The SMILES string of the molecule is CCCCCCCCCCCCCCCC(=O)OCC(CSC[C@](N)(C(=O)O)C(=O)CCCCCCCCCCCCCCC)OC(=O)CCCCCCCCCCCCCCC. The van der Waals surface area contributed by atoms with Crippen LogP contribution in [0.25, 0.3) is 0 Å². The van der Waals surface area contributed by atoms with Gasteiger partial charge in [-0.1, -0.05) is 252 Å². The summed E-state index contributed by atoms with van der Waals surface area (Å²) in [5, 5.41) is 10.0. The minimum atomic E-state index is -2.02. The van der Waals surface area contributed by atoms with Crippen molar-refractivity contribution in [3.05, 3.63) is 0 Å². The van der Waals surface area contributed by atoms with Crippen LogP contribution in [0.3, 0.4) is 0 Å². The molecule has 8 nitrogen and oxygen atoms in total. The molecule has 0 aliphatic heterocycles. The van der Waals surface area contributed by atoms with Crippen molar-refractivity contribution in [2.75, 3.05) is 18.1 Å². The predicted molar refractivity (Wildman–Crippen MR) is 269 cm³/mol. The van der Waals surface area contributed by atoms with Gasteiger partial charge in [0.1, 0.15) is 12.7 Å². The first-order valence-corrected chi connectivity index (χ1v) is 28.3. The van der Waals surface area contributed by atoms with Crippen molar-refractivity contribution >= 4 is 35.5 Å². The average molecular weight is 910 g/mol. The monoisotopic (exact) mass is 910 g/mol. The smallest absolute Gasteiger partial charge is 0.332 e. The number of rotatable bonds is 51. The van der Waals surface area contributed by atoms with E-state index in [2.05, 4.69) is 20.8 Å². The number of carbonyl (C=O) groups is 4. The number of Topliss-reactive ketones (excluding diaryl/α,β-unsaturated/α-hetero) is 1. The lowest BCUT2D eigenvalue weighted by atomic mass is 9.93. The second-order valence-corrected chi connectivity index (χ2v) is 20.0. The summed E-state index contributed by atoms with van der Waals surface area (Å²) >= 11 is 1.17. The van der Waals surface area contributed by atoms with Crippen LogP contribution in [0.2, 0.25) is 0 Å². The highest BCUT2D eigenvalue weighted by Crippen LogP contribution is 2.21. The Hall–Kier alpha value is -1.61. The van der Waals surface area contributed by atoms with Crippen LogP contribution < -0.4 is 5.73 Å². The minimum absolute atomic E-state index is 0.0911. The molecule has 0 aliphatic rings. The third-order valence-electron chi connectivity index (χ3n) is 12.7. The van der Waals surface area contributed by atoms with E-state index in [-0.39, 0.29) is 36.5 Å². The highest BCUT2D eigenvalue weighted by Gasteiger charge is 2.41. The number of nitrogens with two attached hydrogens (primary N) is 1. The fourth-order valence-electron chi connectivity index (χ4n) is 8.33. The molecule has 0 heterocycles. The number of thioether (sulfide) groups is 1. The molecule has 1 unspecified atom stereocenters. The lowest BCUT2D eigenvalue weighted by Gasteiger charge is -2.24. The zero-order valence-corrected chi connectivity index (χ0v) is 42.6. The number of ketones is 1. The van der Waals surface area contributed by atoms with Gasteiger partial charge in [0.05, 0.1) is 0 Å². The Morgan fingerprint density at radius 3 is 1.05 bits per heavy atom. The summed E-state index contributed by atoms with van der Waals surface area (Å²) in [6.45, 7) is 6.66. The molecular weight excluding hydrogens is 807 g/mol. The zero-order chi connectivity index (χ0) is 46.3. The van der Waals surface area contributed by atoms with Gasteiger partial charge in [0, 0.05) is 30.8 Å². The van der Waals surface area contributed by atoms with Gasteiger partial charge in [-0.3, -0.25) is 14.4 Å². The van der Waals surface area contributed by atoms with Crippen LogP contribution in [0, 0.1) is 0 Å². The van der Waals surface area contributed by atoms with E-state index >= 15 is 0 Å².